The van der Waals surface area contributed by atoms with Crippen molar-refractivity contribution >= 4 is 17.0 Å². The SMILES string of the molecule is CCC=CN(c1ccc(OCCCCCC)cc1)S(=O)[O-]. The maximum Gasteiger partial charge on any atom is 0.119 e. The molecule has 1 aromatic carbocycles. The lowest BCUT2D eigenvalue weighted by atomic mass is 10.2. The molecule has 0 bridgehead atoms. The van der Waals surface area contributed by atoms with E-state index in [0.29, 0.717) is 12.3 Å². The van der Waals surface area contributed by atoms with Gasteiger partial charge in [0.2, 0.25) is 0 Å². The molecule has 0 radical (unpaired) electrons. The zero-order chi connectivity index (χ0) is 15.5. The Kier molecular flexibility index (Phi) is 8.78. The number of benzene rings is 1. The molecule has 21 heavy (non-hydrogen) atoms. The van der Waals surface area contributed by atoms with Crippen LogP contribution in [0, 0.1) is 0 Å². The highest BCUT2D eigenvalue weighted by atomic mass is 32.2. The number of ether oxygens (including phenoxy) is 1. The van der Waals surface area contributed by atoms with Gasteiger partial charge in [-0.05, 0) is 37.1 Å². The molecule has 0 saturated heterocycles. The van der Waals surface area contributed by atoms with Crippen LogP contribution >= 0.6 is 0 Å². The number of allylic oxidation sites excluding steroid dienone is 1. The van der Waals surface area contributed by atoms with Crippen LogP contribution in [0.3, 0.4) is 0 Å². The number of hydrogen-bond acceptors (Lipinski definition) is 3. The van der Waals surface area contributed by atoms with Gasteiger partial charge in [0.1, 0.15) is 5.75 Å². The number of nitrogens with zero attached hydrogens (tertiary/aromatic N) is 1. The first-order valence-corrected chi connectivity index (χ1v) is 8.50. The van der Waals surface area contributed by atoms with Crippen LogP contribution in [0.4, 0.5) is 5.69 Å². The van der Waals surface area contributed by atoms with Crippen LogP contribution in [-0.2, 0) is 11.3 Å². The van der Waals surface area contributed by atoms with Gasteiger partial charge in [0.15, 0.2) is 0 Å². The lowest BCUT2D eigenvalue weighted by Crippen LogP contribution is -2.18. The fourth-order valence-corrected chi connectivity index (χ4v) is 2.31. The average Bonchev–Trinajstić information content (AvgIpc) is 2.48. The third kappa shape index (κ3) is 6.78. The third-order valence-corrected chi connectivity index (χ3v) is 3.65. The minimum Gasteiger partial charge on any atom is -0.755 e. The van der Waals surface area contributed by atoms with Crippen LogP contribution in [0.2, 0.25) is 0 Å². The quantitative estimate of drug-likeness (QED) is 0.481. The standard InChI is InChI=1S/C16H25NO3S/c1-3-5-7-8-14-20-16-11-9-15(10-12-16)17(21(18)19)13-6-4-2/h6,9-13H,3-5,7-8,14H2,1-2H3,(H,18,19)/p-1. The van der Waals surface area contributed by atoms with Gasteiger partial charge in [-0.15, -0.1) is 0 Å². The fraction of sp³-hybridized carbons (Fsp3) is 0.500. The van der Waals surface area contributed by atoms with Crippen LogP contribution < -0.4 is 9.04 Å². The molecule has 0 aliphatic heterocycles. The van der Waals surface area contributed by atoms with Crippen molar-refractivity contribution in [3.8, 4) is 5.75 Å². The van der Waals surface area contributed by atoms with E-state index in [1.165, 1.54) is 23.6 Å². The summed E-state index contributed by atoms with van der Waals surface area (Å²) < 4.78 is 29.3. The molecule has 1 unspecified atom stereocenters. The lowest BCUT2D eigenvalue weighted by molar-refractivity contribution is 0.305. The maximum absolute atomic E-state index is 11.2. The van der Waals surface area contributed by atoms with Crippen molar-refractivity contribution in [3.63, 3.8) is 0 Å². The van der Waals surface area contributed by atoms with Crippen LogP contribution in [0.5, 0.6) is 5.75 Å². The van der Waals surface area contributed by atoms with Gasteiger partial charge >= 0.3 is 0 Å². The summed E-state index contributed by atoms with van der Waals surface area (Å²) in [6.07, 6.45) is 8.81. The number of anilines is 1. The Morgan fingerprint density at radius 2 is 1.90 bits per heavy atom. The minimum absolute atomic E-state index is 0.603. The van der Waals surface area contributed by atoms with E-state index >= 15 is 0 Å². The van der Waals surface area contributed by atoms with Crippen molar-refractivity contribution in [1.29, 1.82) is 0 Å². The zero-order valence-corrected chi connectivity index (χ0v) is 13.6. The van der Waals surface area contributed by atoms with Gasteiger partial charge in [-0.3, -0.25) is 8.51 Å². The third-order valence-electron chi connectivity index (χ3n) is 2.99. The number of rotatable bonds is 10. The van der Waals surface area contributed by atoms with Crippen LogP contribution in [0.1, 0.15) is 46.0 Å². The van der Waals surface area contributed by atoms with E-state index in [2.05, 4.69) is 6.92 Å². The summed E-state index contributed by atoms with van der Waals surface area (Å²) in [5, 5.41) is 0. The summed E-state index contributed by atoms with van der Waals surface area (Å²) in [4.78, 5) is 0. The highest BCUT2D eigenvalue weighted by Crippen LogP contribution is 2.21. The largest absolute Gasteiger partial charge is 0.755 e. The first-order valence-electron chi connectivity index (χ1n) is 7.47. The van der Waals surface area contributed by atoms with Gasteiger partial charge in [0, 0.05) is 6.20 Å². The van der Waals surface area contributed by atoms with E-state index in [-0.39, 0.29) is 0 Å². The van der Waals surface area contributed by atoms with Crippen molar-refractivity contribution in [2.24, 2.45) is 0 Å². The normalized spacial score (nSPS) is 12.5. The van der Waals surface area contributed by atoms with Crippen molar-refractivity contribution in [2.45, 2.75) is 46.0 Å². The van der Waals surface area contributed by atoms with Crippen LogP contribution in [0.25, 0.3) is 0 Å². The summed E-state index contributed by atoms with van der Waals surface area (Å²) in [7, 11) is 0. The molecule has 4 nitrogen and oxygen atoms in total. The molecule has 1 rings (SSSR count). The Bertz CT molecular complexity index is 445. The molecule has 0 aliphatic carbocycles. The maximum atomic E-state index is 11.2. The van der Waals surface area contributed by atoms with Crippen molar-refractivity contribution in [2.75, 3.05) is 10.9 Å². The van der Waals surface area contributed by atoms with E-state index in [1.807, 2.05) is 6.92 Å². The topological polar surface area (TPSA) is 52.6 Å². The Morgan fingerprint density at radius 1 is 1.19 bits per heavy atom. The summed E-state index contributed by atoms with van der Waals surface area (Å²) in [5.74, 6) is 0.770. The highest BCUT2D eigenvalue weighted by Gasteiger charge is 2.03. The van der Waals surface area contributed by atoms with Gasteiger partial charge in [-0.2, -0.15) is 0 Å². The first kappa shape index (κ1) is 17.7. The number of hydrogen-bond donors (Lipinski definition) is 0. The van der Waals surface area contributed by atoms with E-state index in [9.17, 15) is 8.76 Å². The van der Waals surface area contributed by atoms with Gasteiger partial charge in [-0.25, -0.2) is 0 Å². The second-order valence-electron chi connectivity index (χ2n) is 4.74. The molecule has 0 aromatic heterocycles. The summed E-state index contributed by atoms with van der Waals surface area (Å²) in [5.41, 5.74) is 0.603. The second-order valence-corrected chi connectivity index (χ2v) is 5.57. The Morgan fingerprint density at radius 3 is 2.48 bits per heavy atom. The lowest BCUT2D eigenvalue weighted by Gasteiger charge is -2.22. The summed E-state index contributed by atoms with van der Waals surface area (Å²) in [6, 6.07) is 7.10. The average molecular weight is 310 g/mol. The molecule has 0 fully saturated rings. The summed E-state index contributed by atoms with van der Waals surface area (Å²) >= 11 is -2.32. The minimum atomic E-state index is -2.32. The summed E-state index contributed by atoms with van der Waals surface area (Å²) in [6.45, 7) is 4.84. The van der Waals surface area contributed by atoms with Crippen molar-refractivity contribution in [1.82, 2.24) is 0 Å². The Hall–Kier alpha value is -1.33. The molecule has 5 heteroatoms. The van der Waals surface area contributed by atoms with Crippen molar-refractivity contribution < 1.29 is 13.5 Å². The second kappa shape index (κ2) is 10.4. The van der Waals surface area contributed by atoms with Gasteiger partial charge < -0.3 is 9.29 Å². The molecule has 0 heterocycles. The molecule has 118 valence electrons. The molecular weight excluding hydrogens is 286 g/mol. The van der Waals surface area contributed by atoms with Gasteiger partial charge in [0.25, 0.3) is 0 Å². The van der Waals surface area contributed by atoms with E-state index in [1.54, 1.807) is 36.5 Å². The predicted octanol–water partition coefficient (Wildman–Crippen LogP) is 4.17. The van der Waals surface area contributed by atoms with Gasteiger partial charge in [-0.1, -0.05) is 39.2 Å². The van der Waals surface area contributed by atoms with E-state index < -0.39 is 11.3 Å². The van der Waals surface area contributed by atoms with Gasteiger partial charge in [0.05, 0.1) is 23.6 Å². The Balaban J connectivity index is 2.55. The zero-order valence-electron chi connectivity index (χ0n) is 12.8. The molecule has 1 aromatic rings. The van der Waals surface area contributed by atoms with E-state index in [0.717, 1.165) is 18.6 Å². The highest BCUT2D eigenvalue weighted by molar-refractivity contribution is 7.80. The first-order chi connectivity index (χ1) is 10.2. The number of unbranched alkanes of at least 4 members (excludes halogenated alkanes) is 3. The molecule has 0 saturated carbocycles. The molecule has 0 N–H and O–H groups in total. The van der Waals surface area contributed by atoms with Crippen LogP contribution in [-0.4, -0.2) is 15.4 Å². The predicted molar refractivity (Wildman–Crippen MR) is 86.9 cm³/mol. The molecule has 1 atom stereocenters. The fourth-order valence-electron chi connectivity index (χ4n) is 1.83. The monoisotopic (exact) mass is 310 g/mol. The van der Waals surface area contributed by atoms with Crippen LogP contribution in [0.15, 0.2) is 36.5 Å². The smallest absolute Gasteiger partial charge is 0.119 e. The molecule has 0 spiro atoms. The molecule has 0 amide bonds. The Labute approximate surface area is 130 Å². The van der Waals surface area contributed by atoms with E-state index in [4.69, 9.17) is 4.74 Å². The van der Waals surface area contributed by atoms with Crippen molar-refractivity contribution in [3.05, 3.63) is 36.5 Å². The molecule has 0 aliphatic rings. The molecular formula is C16H24NO3S-.